The van der Waals surface area contributed by atoms with Crippen molar-refractivity contribution in [1.29, 1.82) is 0 Å². The summed E-state index contributed by atoms with van der Waals surface area (Å²) in [7, 11) is 4.52. The van der Waals surface area contributed by atoms with E-state index in [-0.39, 0.29) is 6.54 Å². The van der Waals surface area contributed by atoms with Crippen molar-refractivity contribution >= 4 is 22.5 Å². The minimum absolute atomic E-state index is 0.309. The van der Waals surface area contributed by atoms with E-state index >= 15 is 0 Å². The first kappa shape index (κ1) is 23.6. The minimum Gasteiger partial charge on any atom is -0.497 e. The maximum Gasteiger partial charge on any atom is 0.336 e. The van der Waals surface area contributed by atoms with Gasteiger partial charge >= 0.3 is 5.69 Å². The number of carbonyl (C=O) groups excluding carboxylic acids is 1. The van der Waals surface area contributed by atoms with Crippen LogP contribution in [0, 0.1) is 6.92 Å². The van der Waals surface area contributed by atoms with Crippen LogP contribution in [-0.2, 0) is 11.3 Å². The van der Waals surface area contributed by atoms with Gasteiger partial charge < -0.3 is 19.5 Å². The number of nitrogens with one attached hydrogen (secondary N) is 1. The molecular formula is C26H25N3O6. The number of methoxy groups -OCH3 is 3. The van der Waals surface area contributed by atoms with Crippen LogP contribution >= 0.6 is 0 Å². The van der Waals surface area contributed by atoms with E-state index in [2.05, 4.69) is 5.32 Å². The molecule has 0 unspecified atom stereocenters. The first-order valence-electron chi connectivity index (χ1n) is 10.8. The summed E-state index contributed by atoms with van der Waals surface area (Å²) in [5, 5.41) is 3.10. The van der Waals surface area contributed by atoms with Gasteiger partial charge in [0.25, 0.3) is 5.56 Å². The van der Waals surface area contributed by atoms with Gasteiger partial charge in [0, 0.05) is 17.8 Å². The smallest absolute Gasteiger partial charge is 0.336 e. The predicted molar refractivity (Wildman–Crippen MR) is 133 cm³/mol. The van der Waals surface area contributed by atoms with Gasteiger partial charge in [-0.2, -0.15) is 0 Å². The molecule has 3 aromatic carbocycles. The number of carbonyl (C=O) groups is 1. The maximum absolute atomic E-state index is 13.5. The molecule has 1 heterocycles. The molecule has 1 amide bonds. The molecule has 0 aliphatic carbocycles. The Balaban J connectivity index is 1.80. The Morgan fingerprint density at radius 1 is 0.886 bits per heavy atom. The zero-order chi connectivity index (χ0) is 25.1. The van der Waals surface area contributed by atoms with Crippen molar-refractivity contribution in [3.8, 4) is 22.9 Å². The molecule has 0 spiro atoms. The van der Waals surface area contributed by atoms with Crippen molar-refractivity contribution in [1.82, 2.24) is 9.13 Å². The number of aryl methyl sites for hydroxylation is 1. The summed E-state index contributed by atoms with van der Waals surface area (Å²) >= 11 is 0. The first-order valence-corrected chi connectivity index (χ1v) is 10.8. The molecule has 1 N–H and O–H groups in total. The molecule has 0 saturated heterocycles. The second-order valence-corrected chi connectivity index (χ2v) is 7.85. The van der Waals surface area contributed by atoms with E-state index in [9.17, 15) is 14.4 Å². The number of amides is 1. The highest BCUT2D eigenvalue weighted by molar-refractivity contribution is 5.92. The zero-order valence-electron chi connectivity index (χ0n) is 19.8. The third-order valence-corrected chi connectivity index (χ3v) is 5.58. The highest BCUT2D eigenvalue weighted by Gasteiger charge is 2.18. The molecule has 9 heteroatoms. The van der Waals surface area contributed by atoms with Crippen LogP contribution in [0.5, 0.6) is 17.2 Å². The van der Waals surface area contributed by atoms with Crippen LogP contribution in [0.4, 0.5) is 5.69 Å². The molecule has 9 nitrogen and oxygen atoms in total. The van der Waals surface area contributed by atoms with Crippen LogP contribution in [0.25, 0.3) is 16.6 Å². The minimum atomic E-state index is -0.637. The summed E-state index contributed by atoms with van der Waals surface area (Å²) in [6.07, 6.45) is 0. The van der Waals surface area contributed by atoms with Gasteiger partial charge in [-0.1, -0.05) is 17.7 Å². The van der Waals surface area contributed by atoms with Crippen molar-refractivity contribution in [3.05, 3.63) is 87.1 Å². The molecule has 0 aliphatic heterocycles. The zero-order valence-corrected chi connectivity index (χ0v) is 19.8. The summed E-state index contributed by atoms with van der Waals surface area (Å²) < 4.78 is 18.1. The lowest BCUT2D eigenvalue weighted by Gasteiger charge is -2.15. The van der Waals surface area contributed by atoms with Crippen molar-refractivity contribution < 1.29 is 19.0 Å². The van der Waals surface area contributed by atoms with Gasteiger partial charge in [-0.05, 0) is 43.3 Å². The quantitative estimate of drug-likeness (QED) is 0.441. The number of rotatable bonds is 7. The summed E-state index contributed by atoms with van der Waals surface area (Å²) in [6, 6.07) is 16.8. The number of benzene rings is 3. The van der Waals surface area contributed by atoms with E-state index in [0.717, 1.165) is 10.1 Å². The monoisotopic (exact) mass is 475 g/mol. The molecule has 0 atom stereocenters. The van der Waals surface area contributed by atoms with Crippen LogP contribution < -0.4 is 30.8 Å². The maximum atomic E-state index is 13.5. The summed E-state index contributed by atoms with van der Waals surface area (Å²) in [4.78, 5) is 39.9. The lowest BCUT2D eigenvalue weighted by atomic mass is 10.1. The Bertz CT molecular complexity index is 1540. The van der Waals surface area contributed by atoms with Crippen LogP contribution in [0.2, 0.25) is 0 Å². The van der Waals surface area contributed by atoms with Gasteiger partial charge in [0.05, 0.1) is 37.9 Å². The fourth-order valence-electron chi connectivity index (χ4n) is 3.88. The number of hydrogen-bond donors (Lipinski definition) is 1. The normalized spacial score (nSPS) is 10.7. The number of hydrogen-bond acceptors (Lipinski definition) is 6. The number of ether oxygens (including phenoxy) is 3. The molecule has 35 heavy (non-hydrogen) atoms. The fourth-order valence-corrected chi connectivity index (χ4v) is 3.88. The Morgan fingerprint density at radius 2 is 1.66 bits per heavy atom. The Kier molecular flexibility index (Phi) is 6.59. The fraction of sp³-hybridized carbons (Fsp3) is 0.192. The van der Waals surface area contributed by atoms with Gasteiger partial charge in [0.15, 0.2) is 11.5 Å². The standard InChI is InChI=1S/C26H25N3O6/c1-16-8-10-21-20(12-16)25(31)29(18-6-5-7-19(14-18)33-2)26(32)28(21)15-24(30)27-17-9-11-22(34-3)23(13-17)35-4/h5-14H,15H2,1-4H3,(H,27,30). The van der Waals surface area contributed by atoms with Gasteiger partial charge in [-0.3, -0.25) is 14.2 Å². The van der Waals surface area contributed by atoms with E-state index in [1.807, 2.05) is 6.92 Å². The molecule has 0 fully saturated rings. The first-order chi connectivity index (χ1) is 16.9. The van der Waals surface area contributed by atoms with E-state index in [4.69, 9.17) is 14.2 Å². The highest BCUT2D eigenvalue weighted by Crippen LogP contribution is 2.29. The largest absolute Gasteiger partial charge is 0.497 e. The SMILES string of the molecule is COc1cccc(-n2c(=O)c3cc(C)ccc3n(CC(=O)Nc3ccc(OC)c(OC)c3)c2=O)c1. The molecular weight excluding hydrogens is 450 g/mol. The van der Waals surface area contributed by atoms with E-state index in [1.165, 1.54) is 25.9 Å². The number of aromatic nitrogens is 2. The van der Waals surface area contributed by atoms with Crippen LogP contribution in [0.15, 0.2) is 70.3 Å². The topological polar surface area (TPSA) is 101 Å². The van der Waals surface area contributed by atoms with Crippen LogP contribution in [0.1, 0.15) is 5.56 Å². The van der Waals surface area contributed by atoms with Crippen molar-refractivity contribution in [2.45, 2.75) is 13.5 Å². The van der Waals surface area contributed by atoms with Gasteiger partial charge in [-0.15, -0.1) is 0 Å². The molecule has 180 valence electrons. The van der Waals surface area contributed by atoms with Gasteiger partial charge in [0.2, 0.25) is 5.91 Å². The lowest BCUT2D eigenvalue weighted by molar-refractivity contribution is -0.116. The third-order valence-electron chi connectivity index (χ3n) is 5.58. The molecule has 4 aromatic rings. The third kappa shape index (κ3) is 4.61. The predicted octanol–water partition coefficient (Wildman–Crippen LogP) is 3.13. The summed E-state index contributed by atoms with van der Waals surface area (Å²) in [5.41, 5.74) is 0.929. The molecule has 1 aromatic heterocycles. The highest BCUT2D eigenvalue weighted by atomic mass is 16.5. The second kappa shape index (κ2) is 9.76. The average Bonchev–Trinajstić information content (AvgIpc) is 2.86. The van der Waals surface area contributed by atoms with Crippen molar-refractivity contribution in [2.24, 2.45) is 0 Å². The van der Waals surface area contributed by atoms with Gasteiger partial charge in [0.1, 0.15) is 12.3 Å². The van der Waals surface area contributed by atoms with Crippen molar-refractivity contribution in [2.75, 3.05) is 26.6 Å². The second-order valence-electron chi connectivity index (χ2n) is 7.85. The molecule has 0 saturated carbocycles. The summed E-state index contributed by atoms with van der Waals surface area (Å²) in [5.74, 6) is 1.02. The van der Waals surface area contributed by atoms with Gasteiger partial charge in [-0.25, -0.2) is 9.36 Å². The van der Waals surface area contributed by atoms with Crippen LogP contribution in [-0.4, -0.2) is 36.4 Å². The Labute approximate surface area is 201 Å². The molecule has 0 aliphatic rings. The number of fused-ring (bicyclic) bond motifs is 1. The molecule has 4 rings (SSSR count). The average molecular weight is 476 g/mol. The van der Waals surface area contributed by atoms with E-state index in [0.29, 0.717) is 39.5 Å². The van der Waals surface area contributed by atoms with Crippen molar-refractivity contribution in [3.63, 3.8) is 0 Å². The molecule has 0 radical (unpaired) electrons. The van der Waals surface area contributed by atoms with E-state index in [1.54, 1.807) is 60.7 Å². The lowest BCUT2D eigenvalue weighted by Crippen LogP contribution is -2.40. The molecule has 0 bridgehead atoms. The van der Waals surface area contributed by atoms with E-state index < -0.39 is 17.2 Å². The Morgan fingerprint density at radius 3 is 2.37 bits per heavy atom. The number of nitrogens with zero attached hydrogens (tertiary/aromatic N) is 2. The summed E-state index contributed by atoms with van der Waals surface area (Å²) in [6.45, 7) is 1.55. The van der Waals surface area contributed by atoms with Crippen LogP contribution in [0.3, 0.4) is 0 Å². The number of anilines is 1. The Hall–Kier alpha value is -4.53.